The summed E-state index contributed by atoms with van der Waals surface area (Å²) in [6, 6.07) is 16.9. The van der Waals surface area contributed by atoms with Gasteiger partial charge in [0.1, 0.15) is 0 Å². The number of rotatable bonds is 4. The van der Waals surface area contributed by atoms with E-state index in [4.69, 9.17) is 52.5 Å². The first-order valence-electron chi connectivity index (χ1n) is 10.1. The number of carbonyl (C=O) groups is 2. The number of halogens is 6. The van der Waals surface area contributed by atoms with Gasteiger partial charge in [0.25, 0.3) is 0 Å². The number of pyridine rings is 1. The molecule has 0 aliphatic rings. The van der Waals surface area contributed by atoms with Crippen molar-refractivity contribution in [3.8, 4) is 5.75 Å². The highest BCUT2D eigenvalue weighted by Gasteiger charge is 2.37. The average molecular weight is 611 g/mol. The zero-order chi connectivity index (χ0) is 28.4. The van der Waals surface area contributed by atoms with Gasteiger partial charge in [-0.25, -0.2) is 18.0 Å². The van der Waals surface area contributed by atoms with Gasteiger partial charge in [-0.05, 0) is 24.3 Å². The van der Waals surface area contributed by atoms with Crippen molar-refractivity contribution in [2.75, 3.05) is 0 Å². The van der Waals surface area contributed by atoms with Gasteiger partial charge < -0.3 is 14.4 Å². The van der Waals surface area contributed by atoms with Crippen LogP contribution in [0.5, 0.6) is 5.75 Å². The zero-order valence-corrected chi connectivity index (χ0v) is 21.6. The fraction of sp³-hybridized carbons (Fsp3) is 0.0870. The van der Waals surface area contributed by atoms with Crippen LogP contribution in [0.2, 0.25) is 15.1 Å². The van der Waals surface area contributed by atoms with Crippen molar-refractivity contribution in [2.45, 2.75) is 12.1 Å². The van der Waals surface area contributed by atoms with Crippen LogP contribution in [0.15, 0.2) is 60.7 Å². The lowest BCUT2D eigenvalue weighted by molar-refractivity contribution is -0.633. The summed E-state index contributed by atoms with van der Waals surface area (Å²) in [6.07, 6.45) is 0. The highest BCUT2D eigenvalue weighted by atomic mass is 35.5. The number of nitrogens with zero attached hydrogens (tertiary/aromatic N) is 1. The van der Waals surface area contributed by atoms with Crippen molar-refractivity contribution in [3.05, 3.63) is 81.3 Å². The highest BCUT2D eigenvalue weighted by Crippen LogP contribution is 2.37. The lowest BCUT2D eigenvalue weighted by atomic mass is 10.0. The summed E-state index contributed by atoms with van der Waals surface area (Å²) in [5.74, 6) is -1.66. The van der Waals surface area contributed by atoms with Crippen LogP contribution >= 0.6 is 34.8 Å². The quantitative estimate of drug-likeness (QED) is 0.0797. The van der Waals surface area contributed by atoms with Gasteiger partial charge in [0.05, 0.1) is 26.4 Å². The zero-order valence-electron chi connectivity index (χ0n) is 18.5. The molecule has 0 saturated heterocycles. The Morgan fingerprint density at radius 2 is 1.34 bits per heavy atom. The molecule has 4 rings (SSSR count). The molecule has 0 bridgehead atoms. The number of carbonyl (C=O) groups excluding carboxylic acids is 1. The van der Waals surface area contributed by atoms with Gasteiger partial charge in [0.15, 0.2) is 15.9 Å². The van der Waals surface area contributed by atoms with Gasteiger partial charge in [0.2, 0.25) is 17.6 Å². The standard InChI is InChI=1S/C22H12Cl3NO4.CHF3O3S/c23-12-9-15(24)21(16(25)10-12)30-22(29)20-13-5-1-3-7-17(13)26(11-19(27)28)18-8-4-2-6-14(18)20;2-1(3,4)8(5,6)7/h1-10H,11H2;(H,5,6,7). The molecule has 4 aromatic rings. The third-order valence-corrected chi connectivity index (χ3v) is 6.21. The van der Waals surface area contributed by atoms with Crippen LogP contribution in [-0.2, 0) is 21.5 Å². The SMILES string of the molecule is O=C(O)C[n+]1c2ccccc2c(C(=O)Oc2c(Cl)cc(Cl)cc2Cl)c2ccccc21.O=S(=O)([O-])C(F)(F)F. The number of hydrogen-bond acceptors (Lipinski definition) is 6. The van der Waals surface area contributed by atoms with E-state index in [-0.39, 0.29) is 27.9 Å². The van der Waals surface area contributed by atoms with Crippen LogP contribution in [0.3, 0.4) is 0 Å². The summed E-state index contributed by atoms with van der Waals surface area (Å²) in [6.45, 7) is -0.259. The van der Waals surface area contributed by atoms with Crippen molar-refractivity contribution in [2.24, 2.45) is 0 Å². The molecule has 0 atom stereocenters. The molecule has 0 amide bonds. The lowest BCUT2D eigenvalue weighted by Crippen LogP contribution is -2.40. The van der Waals surface area contributed by atoms with Gasteiger partial charge in [-0.1, -0.05) is 59.1 Å². The number of hydrogen-bond donors (Lipinski definition) is 1. The number of alkyl halides is 3. The van der Waals surface area contributed by atoms with Gasteiger partial charge in [-0.3, -0.25) is 0 Å². The van der Waals surface area contributed by atoms with E-state index in [0.717, 1.165) is 0 Å². The van der Waals surface area contributed by atoms with E-state index in [1.165, 1.54) is 12.1 Å². The first-order chi connectivity index (χ1) is 17.6. The topological polar surface area (TPSA) is 125 Å². The number of esters is 1. The Morgan fingerprint density at radius 3 is 1.74 bits per heavy atom. The Morgan fingerprint density at radius 1 is 0.921 bits per heavy atom. The molecule has 1 aromatic heterocycles. The maximum Gasteiger partial charge on any atom is 0.485 e. The Balaban J connectivity index is 0.000000436. The normalized spacial score (nSPS) is 11.7. The van der Waals surface area contributed by atoms with Crippen LogP contribution in [0.25, 0.3) is 21.8 Å². The Kier molecular flexibility index (Phi) is 8.74. The summed E-state index contributed by atoms with van der Waals surface area (Å²) in [7, 11) is -6.09. The highest BCUT2D eigenvalue weighted by molar-refractivity contribution is 7.86. The Hall–Kier alpha value is -3.16. The third kappa shape index (κ3) is 6.45. The summed E-state index contributed by atoms with van der Waals surface area (Å²) in [4.78, 5) is 24.7. The lowest BCUT2D eigenvalue weighted by Gasteiger charge is -2.12. The van der Waals surface area contributed by atoms with Crippen molar-refractivity contribution in [3.63, 3.8) is 0 Å². The van der Waals surface area contributed by atoms with Crippen molar-refractivity contribution >= 4 is 78.7 Å². The first-order valence-corrected chi connectivity index (χ1v) is 12.6. The number of carboxylic acids is 1. The van der Waals surface area contributed by atoms with Crippen molar-refractivity contribution in [1.29, 1.82) is 0 Å². The van der Waals surface area contributed by atoms with Crippen LogP contribution in [0, 0.1) is 0 Å². The number of aromatic nitrogens is 1. The number of aliphatic carboxylic acids is 1. The summed E-state index contributed by atoms with van der Waals surface area (Å²) >= 11 is 18.3. The smallest absolute Gasteiger partial charge is 0.485 e. The monoisotopic (exact) mass is 609 g/mol. The maximum atomic E-state index is 13.3. The summed E-state index contributed by atoms with van der Waals surface area (Å²) in [5, 5.41) is 11.0. The molecule has 0 radical (unpaired) electrons. The molecule has 38 heavy (non-hydrogen) atoms. The van der Waals surface area contributed by atoms with Crippen LogP contribution in [0.4, 0.5) is 13.2 Å². The van der Waals surface area contributed by atoms with Crippen LogP contribution in [-0.4, -0.2) is 35.5 Å². The van der Waals surface area contributed by atoms with Crippen LogP contribution in [0.1, 0.15) is 10.4 Å². The van der Waals surface area contributed by atoms with Crippen molar-refractivity contribution in [1.82, 2.24) is 0 Å². The van der Waals surface area contributed by atoms with Gasteiger partial charge in [-0.2, -0.15) is 17.7 Å². The Labute approximate surface area is 227 Å². The molecule has 15 heteroatoms. The predicted molar refractivity (Wildman–Crippen MR) is 131 cm³/mol. The van der Waals surface area contributed by atoms with E-state index in [9.17, 15) is 27.9 Å². The minimum atomic E-state index is -6.09. The van der Waals surface area contributed by atoms with E-state index in [1.807, 2.05) is 0 Å². The fourth-order valence-corrected chi connectivity index (χ4v) is 4.31. The Bertz CT molecular complexity index is 1600. The van der Waals surface area contributed by atoms with E-state index in [0.29, 0.717) is 26.8 Å². The van der Waals surface area contributed by atoms with E-state index in [2.05, 4.69) is 0 Å². The maximum absolute atomic E-state index is 13.3. The average Bonchev–Trinajstić information content (AvgIpc) is 2.80. The van der Waals surface area contributed by atoms with Crippen molar-refractivity contribution < 1.29 is 50.1 Å². The molecule has 200 valence electrons. The summed E-state index contributed by atoms with van der Waals surface area (Å²) < 4.78 is 66.1. The molecule has 0 aliphatic heterocycles. The number of carboxylic acid groups (broad SMARTS) is 1. The first kappa shape index (κ1) is 29.4. The summed E-state index contributed by atoms with van der Waals surface area (Å²) in [5.41, 5.74) is -4.20. The molecule has 3 aromatic carbocycles. The minimum absolute atomic E-state index is 0.00293. The third-order valence-electron chi connectivity index (χ3n) is 4.87. The molecule has 1 N–H and O–H groups in total. The number of ether oxygens (including phenoxy) is 1. The molecule has 8 nitrogen and oxygen atoms in total. The van der Waals surface area contributed by atoms with Gasteiger partial charge >= 0.3 is 17.4 Å². The van der Waals surface area contributed by atoms with E-state index >= 15 is 0 Å². The van der Waals surface area contributed by atoms with Gasteiger partial charge in [0, 0.05) is 17.2 Å². The number of para-hydroxylation sites is 2. The fourth-order valence-electron chi connectivity index (χ4n) is 3.41. The molecule has 0 spiro atoms. The molecular weight excluding hydrogens is 598 g/mol. The van der Waals surface area contributed by atoms with E-state index < -0.39 is 27.6 Å². The second-order valence-electron chi connectivity index (χ2n) is 7.38. The number of fused-ring (bicyclic) bond motifs is 2. The predicted octanol–water partition coefficient (Wildman–Crippen LogP) is 5.60. The molecule has 0 fully saturated rings. The second kappa shape index (κ2) is 11.3. The molecule has 1 heterocycles. The molecule has 0 aliphatic carbocycles. The second-order valence-corrected chi connectivity index (χ2v) is 10.00. The largest absolute Gasteiger partial charge is 0.741 e. The molecular formula is C23H13Cl3F3NO7S. The molecule has 0 unspecified atom stereocenters. The van der Waals surface area contributed by atoms with Gasteiger partial charge in [-0.15, -0.1) is 0 Å². The number of benzene rings is 3. The molecule has 0 saturated carbocycles. The minimum Gasteiger partial charge on any atom is -0.741 e. The van der Waals surface area contributed by atoms with E-state index in [1.54, 1.807) is 53.1 Å². The van der Waals surface area contributed by atoms with Crippen LogP contribution < -0.4 is 9.30 Å².